The molecule has 0 radical (unpaired) electrons. The van der Waals surface area contributed by atoms with Gasteiger partial charge in [0.1, 0.15) is 5.75 Å². The zero-order valence-corrected chi connectivity index (χ0v) is 18.6. The van der Waals surface area contributed by atoms with E-state index in [9.17, 15) is 10.1 Å². The Balaban J connectivity index is 1.30. The zero-order valence-electron chi connectivity index (χ0n) is 18.6. The molecular formula is C28H24N4O2. The summed E-state index contributed by atoms with van der Waals surface area (Å²) in [6.07, 6.45) is 4.11. The summed E-state index contributed by atoms with van der Waals surface area (Å²) in [5, 5.41) is 15.1. The van der Waals surface area contributed by atoms with Crippen LogP contribution < -0.4 is 15.4 Å². The van der Waals surface area contributed by atoms with Crippen LogP contribution in [-0.4, -0.2) is 17.6 Å². The molecule has 2 amide bonds. The first kappa shape index (κ1) is 22.6. The molecule has 0 aliphatic rings. The van der Waals surface area contributed by atoms with Crippen molar-refractivity contribution in [1.82, 2.24) is 10.3 Å². The SMILES string of the molecule is N#Cc1ccccc1-c1ccccc1CCOc1ccc(NC(=O)NCc2cccnc2)cc1. The van der Waals surface area contributed by atoms with Crippen molar-refractivity contribution in [2.45, 2.75) is 13.0 Å². The Morgan fingerprint density at radius 1 is 0.912 bits per heavy atom. The van der Waals surface area contributed by atoms with Crippen LogP contribution in [0.3, 0.4) is 0 Å². The second-order valence-electron chi connectivity index (χ2n) is 7.61. The molecule has 0 aliphatic heterocycles. The molecule has 2 N–H and O–H groups in total. The van der Waals surface area contributed by atoms with E-state index in [1.54, 1.807) is 24.5 Å². The minimum absolute atomic E-state index is 0.285. The first-order valence-electron chi connectivity index (χ1n) is 11.0. The third-order valence-corrected chi connectivity index (χ3v) is 5.28. The largest absolute Gasteiger partial charge is 0.493 e. The monoisotopic (exact) mass is 448 g/mol. The van der Waals surface area contributed by atoms with E-state index >= 15 is 0 Å². The standard InChI is InChI=1S/C28H24N4O2/c29-18-23-8-2-4-10-27(23)26-9-3-1-7-22(26)15-17-34-25-13-11-24(12-14-25)32-28(33)31-20-21-6-5-16-30-19-21/h1-14,16,19H,15,17,20H2,(H2,31,32,33). The van der Waals surface area contributed by atoms with Gasteiger partial charge in [-0.1, -0.05) is 48.5 Å². The molecule has 0 saturated heterocycles. The van der Waals surface area contributed by atoms with Crippen molar-refractivity contribution in [2.75, 3.05) is 11.9 Å². The maximum absolute atomic E-state index is 12.1. The number of rotatable bonds is 8. The molecule has 1 heterocycles. The number of nitrogens with one attached hydrogen (secondary N) is 2. The summed E-state index contributed by atoms with van der Waals surface area (Å²) in [5.74, 6) is 0.719. The van der Waals surface area contributed by atoms with Gasteiger partial charge in [-0.3, -0.25) is 4.98 Å². The van der Waals surface area contributed by atoms with Crippen molar-refractivity contribution >= 4 is 11.7 Å². The molecule has 0 aliphatic carbocycles. The fraction of sp³-hybridized carbons (Fsp3) is 0.107. The van der Waals surface area contributed by atoms with E-state index in [0.717, 1.165) is 28.0 Å². The summed E-state index contributed by atoms with van der Waals surface area (Å²) >= 11 is 0. The number of urea groups is 1. The molecule has 6 heteroatoms. The molecule has 0 unspecified atom stereocenters. The number of anilines is 1. The second kappa shape index (κ2) is 11.3. The molecule has 0 bridgehead atoms. The number of benzene rings is 3. The highest BCUT2D eigenvalue weighted by atomic mass is 16.5. The molecule has 168 valence electrons. The third-order valence-electron chi connectivity index (χ3n) is 5.28. The molecule has 0 spiro atoms. The Morgan fingerprint density at radius 2 is 1.68 bits per heavy atom. The lowest BCUT2D eigenvalue weighted by Crippen LogP contribution is -2.28. The van der Waals surface area contributed by atoms with Crippen molar-refractivity contribution < 1.29 is 9.53 Å². The van der Waals surface area contributed by atoms with Gasteiger partial charge in [0.05, 0.1) is 18.2 Å². The zero-order chi connectivity index (χ0) is 23.6. The van der Waals surface area contributed by atoms with Gasteiger partial charge in [0.25, 0.3) is 0 Å². The molecule has 4 aromatic rings. The molecular weight excluding hydrogens is 424 g/mol. The third kappa shape index (κ3) is 5.99. The van der Waals surface area contributed by atoms with Gasteiger partial charge in [-0.25, -0.2) is 4.79 Å². The smallest absolute Gasteiger partial charge is 0.319 e. The number of hydrogen-bond donors (Lipinski definition) is 2. The average Bonchev–Trinajstić information content (AvgIpc) is 2.89. The van der Waals surface area contributed by atoms with Crippen molar-refractivity contribution in [2.24, 2.45) is 0 Å². The maximum atomic E-state index is 12.1. The predicted octanol–water partition coefficient (Wildman–Crippen LogP) is 5.56. The fourth-order valence-electron chi connectivity index (χ4n) is 3.59. The summed E-state index contributed by atoms with van der Waals surface area (Å²) in [4.78, 5) is 16.1. The number of pyridine rings is 1. The van der Waals surface area contributed by atoms with E-state index in [2.05, 4.69) is 27.8 Å². The van der Waals surface area contributed by atoms with Gasteiger partial charge in [-0.15, -0.1) is 0 Å². The van der Waals surface area contributed by atoms with Crippen LogP contribution in [0.4, 0.5) is 10.5 Å². The number of ether oxygens (including phenoxy) is 1. The van der Waals surface area contributed by atoms with E-state index in [-0.39, 0.29) is 6.03 Å². The predicted molar refractivity (Wildman–Crippen MR) is 132 cm³/mol. The highest BCUT2D eigenvalue weighted by Gasteiger charge is 2.09. The number of amides is 2. The van der Waals surface area contributed by atoms with Gasteiger partial charge in [-0.2, -0.15) is 5.26 Å². The number of nitrogens with zero attached hydrogens (tertiary/aromatic N) is 2. The summed E-state index contributed by atoms with van der Waals surface area (Å²) in [7, 11) is 0. The highest BCUT2D eigenvalue weighted by molar-refractivity contribution is 5.89. The molecule has 34 heavy (non-hydrogen) atoms. The van der Waals surface area contributed by atoms with Crippen molar-refractivity contribution in [3.63, 3.8) is 0 Å². The van der Waals surface area contributed by atoms with E-state index in [4.69, 9.17) is 4.74 Å². The summed E-state index contributed by atoms with van der Waals surface area (Å²) in [6.45, 7) is 0.894. The number of nitriles is 1. The summed E-state index contributed by atoms with van der Waals surface area (Å²) < 4.78 is 5.92. The lowest BCUT2D eigenvalue weighted by Gasteiger charge is -2.12. The first-order valence-corrected chi connectivity index (χ1v) is 11.0. The Bertz CT molecular complexity index is 1280. The lowest BCUT2D eigenvalue weighted by molar-refractivity contribution is 0.251. The van der Waals surface area contributed by atoms with E-state index < -0.39 is 0 Å². The minimum atomic E-state index is -0.285. The van der Waals surface area contributed by atoms with Crippen LogP contribution in [0.1, 0.15) is 16.7 Å². The molecule has 1 aromatic heterocycles. The Morgan fingerprint density at radius 3 is 2.44 bits per heavy atom. The van der Waals surface area contributed by atoms with Crippen LogP contribution in [0.5, 0.6) is 5.75 Å². The lowest BCUT2D eigenvalue weighted by atomic mass is 9.94. The van der Waals surface area contributed by atoms with Crippen LogP contribution in [0.25, 0.3) is 11.1 Å². The second-order valence-corrected chi connectivity index (χ2v) is 7.61. The van der Waals surface area contributed by atoms with Crippen LogP contribution in [-0.2, 0) is 13.0 Å². The van der Waals surface area contributed by atoms with Crippen LogP contribution in [0.2, 0.25) is 0 Å². The summed E-state index contributed by atoms with van der Waals surface area (Å²) in [5.41, 5.74) is 5.35. The number of carbonyl (C=O) groups excluding carboxylic acids is 1. The number of carbonyl (C=O) groups is 1. The van der Waals surface area contributed by atoms with Gasteiger partial charge in [0.15, 0.2) is 0 Å². The highest BCUT2D eigenvalue weighted by Crippen LogP contribution is 2.27. The van der Waals surface area contributed by atoms with Gasteiger partial charge in [0, 0.05) is 31.0 Å². The van der Waals surface area contributed by atoms with Gasteiger partial charge in [0.2, 0.25) is 0 Å². The van der Waals surface area contributed by atoms with E-state index in [0.29, 0.717) is 30.8 Å². The van der Waals surface area contributed by atoms with Gasteiger partial charge in [-0.05, 0) is 58.7 Å². The van der Waals surface area contributed by atoms with Crippen molar-refractivity contribution in [1.29, 1.82) is 5.26 Å². The number of hydrogen-bond acceptors (Lipinski definition) is 4. The van der Waals surface area contributed by atoms with Crippen LogP contribution >= 0.6 is 0 Å². The molecule has 3 aromatic carbocycles. The van der Waals surface area contributed by atoms with Crippen LogP contribution in [0.15, 0.2) is 97.3 Å². The van der Waals surface area contributed by atoms with Crippen LogP contribution in [0, 0.1) is 11.3 Å². The maximum Gasteiger partial charge on any atom is 0.319 e. The topological polar surface area (TPSA) is 87.0 Å². The molecule has 6 nitrogen and oxygen atoms in total. The molecule has 0 atom stereocenters. The first-order chi connectivity index (χ1) is 16.7. The molecule has 0 fully saturated rings. The number of aromatic nitrogens is 1. The average molecular weight is 449 g/mol. The summed E-state index contributed by atoms with van der Waals surface area (Å²) in [6, 6.07) is 28.7. The van der Waals surface area contributed by atoms with Crippen molar-refractivity contribution in [3.05, 3.63) is 114 Å². The van der Waals surface area contributed by atoms with Crippen molar-refractivity contribution in [3.8, 4) is 22.9 Å². The molecule has 0 saturated carbocycles. The normalized spacial score (nSPS) is 10.2. The quantitative estimate of drug-likeness (QED) is 0.369. The van der Waals surface area contributed by atoms with E-state index in [1.807, 2.05) is 66.7 Å². The van der Waals surface area contributed by atoms with Gasteiger partial charge >= 0.3 is 6.03 Å². The fourth-order valence-corrected chi connectivity index (χ4v) is 3.59. The van der Waals surface area contributed by atoms with Gasteiger partial charge < -0.3 is 15.4 Å². The Hall–Kier alpha value is -4.63. The Kier molecular flexibility index (Phi) is 7.50. The molecule has 4 rings (SSSR count). The Labute approximate surface area is 198 Å². The van der Waals surface area contributed by atoms with E-state index in [1.165, 1.54) is 0 Å². The minimum Gasteiger partial charge on any atom is -0.493 e.